The SMILES string of the molecule is CCOC(=O)c1cnc(F)c(C(F)(F)F)c1C(F)F. The zero-order valence-electron chi connectivity index (χ0n) is 9.39. The minimum Gasteiger partial charge on any atom is -0.462 e. The van der Waals surface area contributed by atoms with Crippen LogP contribution in [0.25, 0.3) is 0 Å². The van der Waals surface area contributed by atoms with Crippen LogP contribution in [0.4, 0.5) is 26.3 Å². The van der Waals surface area contributed by atoms with Gasteiger partial charge in [0, 0.05) is 6.20 Å². The number of hydrogen-bond acceptors (Lipinski definition) is 3. The van der Waals surface area contributed by atoms with E-state index in [0.29, 0.717) is 6.20 Å². The molecule has 1 aromatic rings. The number of alkyl halides is 5. The zero-order valence-corrected chi connectivity index (χ0v) is 9.39. The van der Waals surface area contributed by atoms with E-state index >= 15 is 0 Å². The van der Waals surface area contributed by atoms with E-state index in [4.69, 9.17) is 0 Å². The summed E-state index contributed by atoms with van der Waals surface area (Å²) >= 11 is 0. The van der Waals surface area contributed by atoms with Crippen LogP contribution in [0.2, 0.25) is 0 Å². The summed E-state index contributed by atoms with van der Waals surface area (Å²) in [6.07, 6.45) is -8.80. The van der Waals surface area contributed by atoms with Crippen molar-refractivity contribution >= 4 is 5.97 Å². The van der Waals surface area contributed by atoms with E-state index in [2.05, 4.69) is 9.72 Å². The average molecular weight is 287 g/mol. The number of esters is 1. The van der Waals surface area contributed by atoms with E-state index in [0.717, 1.165) is 0 Å². The van der Waals surface area contributed by atoms with E-state index in [1.165, 1.54) is 6.92 Å². The number of pyridine rings is 1. The van der Waals surface area contributed by atoms with Crippen LogP contribution in [0, 0.1) is 5.95 Å². The van der Waals surface area contributed by atoms with Gasteiger partial charge in [-0.25, -0.2) is 18.6 Å². The topological polar surface area (TPSA) is 39.2 Å². The third kappa shape index (κ3) is 3.15. The van der Waals surface area contributed by atoms with Crippen LogP contribution in [0.1, 0.15) is 34.8 Å². The number of aromatic nitrogens is 1. The molecule has 3 nitrogen and oxygen atoms in total. The molecule has 0 radical (unpaired) electrons. The van der Waals surface area contributed by atoms with Crippen LogP contribution in [-0.2, 0) is 10.9 Å². The van der Waals surface area contributed by atoms with Crippen LogP contribution in [0.5, 0.6) is 0 Å². The maximum Gasteiger partial charge on any atom is 0.421 e. The van der Waals surface area contributed by atoms with Gasteiger partial charge in [-0.2, -0.15) is 17.6 Å². The van der Waals surface area contributed by atoms with Gasteiger partial charge in [0.15, 0.2) is 0 Å². The Labute approximate surface area is 103 Å². The lowest BCUT2D eigenvalue weighted by Gasteiger charge is -2.15. The molecule has 0 N–H and O–H groups in total. The van der Waals surface area contributed by atoms with Gasteiger partial charge in [-0.1, -0.05) is 0 Å². The zero-order chi connectivity index (χ0) is 14.8. The molecule has 0 aliphatic carbocycles. The summed E-state index contributed by atoms with van der Waals surface area (Å²) in [6, 6.07) is 0. The summed E-state index contributed by atoms with van der Waals surface area (Å²) in [5, 5.41) is 0. The average Bonchev–Trinajstić information content (AvgIpc) is 2.26. The predicted octanol–water partition coefficient (Wildman–Crippen LogP) is 3.35. The van der Waals surface area contributed by atoms with Gasteiger partial charge in [-0.15, -0.1) is 0 Å². The second-order valence-electron chi connectivity index (χ2n) is 3.27. The minimum absolute atomic E-state index is 0.236. The second kappa shape index (κ2) is 5.45. The van der Waals surface area contributed by atoms with Crippen molar-refractivity contribution in [2.75, 3.05) is 6.61 Å². The highest BCUT2D eigenvalue weighted by molar-refractivity contribution is 5.91. The molecule has 0 saturated heterocycles. The molecule has 0 saturated carbocycles. The van der Waals surface area contributed by atoms with Crippen LogP contribution in [-0.4, -0.2) is 17.6 Å². The van der Waals surface area contributed by atoms with Gasteiger partial charge < -0.3 is 4.74 Å². The van der Waals surface area contributed by atoms with E-state index in [1.807, 2.05) is 0 Å². The first-order valence-corrected chi connectivity index (χ1v) is 4.91. The Morgan fingerprint density at radius 3 is 2.42 bits per heavy atom. The summed E-state index contributed by atoms with van der Waals surface area (Å²) in [5.74, 6) is -3.54. The molecule has 0 aliphatic rings. The Kier molecular flexibility index (Phi) is 4.38. The molecule has 1 aromatic heterocycles. The standard InChI is InChI=1S/C10H7F6NO2/c1-2-19-9(18)4-3-17-8(13)6(10(14,15)16)5(4)7(11)12/h3,7H,2H2,1H3. The Morgan fingerprint density at radius 2 is 2.00 bits per heavy atom. The number of carbonyl (C=O) groups excluding carboxylic acids is 1. The summed E-state index contributed by atoms with van der Waals surface area (Å²) < 4.78 is 80.3. The Balaban J connectivity index is 3.55. The van der Waals surface area contributed by atoms with E-state index in [1.54, 1.807) is 0 Å². The molecule has 0 fully saturated rings. The van der Waals surface area contributed by atoms with Crippen molar-refractivity contribution in [3.05, 3.63) is 28.8 Å². The normalized spacial score (nSPS) is 11.8. The third-order valence-electron chi connectivity index (χ3n) is 2.07. The van der Waals surface area contributed by atoms with Gasteiger partial charge in [0.2, 0.25) is 5.95 Å². The molecular formula is C10H7F6NO2. The van der Waals surface area contributed by atoms with Crippen molar-refractivity contribution in [1.29, 1.82) is 0 Å². The smallest absolute Gasteiger partial charge is 0.421 e. The van der Waals surface area contributed by atoms with Crippen molar-refractivity contribution in [3.63, 3.8) is 0 Å². The fourth-order valence-electron chi connectivity index (χ4n) is 1.37. The van der Waals surface area contributed by atoms with Gasteiger partial charge in [0.25, 0.3) is 6.43 Å². The number of rotatable bonds is 3. The van der Waals surface area contributed by atoms with Gasteiger partial charge >= 0.3 is 12.1 Å². The Hall–Kier alpha value is -1.80. The summed E-state index contributed by atoms with van der Waals surface area (Å²) in [5.41, 5.74) is -5.13. The largest absolute Gasteiger partial charge is 0.462 e. The molecule has 0 bridgehead atoms. The summed E-state index contributed by atoms with van der Waals surface area (Å²) in [7, 11) is 0. The summed E-state index contributed by atoms with van der Waals surface area (Å²) in [4.78, 5) is 13.9. The number of carbonyl (C=O) groups is 1. The highest BCUT2D eigenvalue weighted by atomic mass is 19.4. The molecule has 1 heterocycles. The molecule has 0 unspecified atom stereocenters. The monoisotopic (exact) mass is 287 g/mol. The fraction of sp³-hybridized carbons (Fsp3) is 0.400. The maximum atomic E-state index is 13.0. The van der Waals surface area contributed by atoms with Gasteiger partial charge in [-0.05, 0) is 6.92 Å². The fourth-order valence-corrected chi connectivity index (χ4v) is 1.37. The van der Waals surface area contributed by atoms with Crippen molar-refractivity contribution in [2.24, 2.45) is 0 Å². The molecule has 19 heavy (non-hydrogen) atoms. The first-order chi connectivity index (χ1) is 8.70. The lowest BCUT2D eigenvalue weighted by Crippen LogP contribution is -2.19. The molecule has 0 amide bonds. The van der Waals surface area contributed by atoms with Crippen molar-refractivity contribution in [1.82, 2.24) is 4.98 Å². The van der Waals surface area contributed by atoms with Crippen molar-refractivity contribution in [2.45, 2.75) is 19.5 Å². The second-order valence-corrected chi connectivity index (χ2v) is 3.27. The summed E-state index contributed by atoms with van der Waals surface area (Å²) in [6.45, 7) is 1.10. The van der Waals surface area contributed by atoms with Gasteiger partial charge in [-0.3, -0.25) is 0 Å². The first-order valence-electron chi connectivity index (χ1n) is 4.91. The van der Waals surface area contributed by atoms with E-state index < -0.39 is 41.2 Å². The van der Waals surface area contributed by atoms with E-state index in [-0.39, 0.29) is 6.61 Å². The molecule has 9 heteroatoms. The molecule has 106 valence electrons. The Morgan fingerprint density at radius 1 is 1.42 bits per heavy atom. The van der Waals surface area contributed by atoms with Crippen molar-refractivity contribution in [3.8, 4) is 0 Å². The number of halogens is 6. The predicted molar refractivity (Wildman–Crippen MR) is 50.1 cm³/mol. The van der Waals surface area contributed by atoms with Crippen LogP contribution >= 0.6 is 0 Å². The Bertz CT molecular complexity index is 486. The number of hydrogen-bond donors (Lipinski definition) is 0. The minimum atomic E-state index is -5.40. The quantitative estimate of drug-likeness (QED) is 0.486. The highest BCUT2D eigenvalue weighted by Crippen LogP contribution is 2.39. The molecule has 0 atom stereocenters. The molecule has 1 rings (SSSR count). The number of ether oxygens (including phenoxy) is 1. The lowest BCUT2D eigenvalue weighted by atomic mass is 10.0. The lowest BCUT2D eigenvalue weighted by molar-refractivity contribution is -0.142. The maximum absolute atomic E-state index is 13.0. The van der Waals surface area contributed by atoms with Crippen LogP contribution in [0.15, 0.2) is 6.20 Å². The van der Waals surface area contributed by atoms with Gasteiger partial charge in [0.05, 0.1) is 17.7 Å². The number of nitrogens with zero attached hydrogens (tertiary/aromatic N) is 1. The molecule has 0 aromatic carbocycles. The van der Waals surface area contributed by atoms with E-state index in [9.17, 15) is 31.1 Å². The molecule has 0 spiro atoms. The highest BCUT2D eigenvalue weighted by Gasteiger charge is 2.42. The van der Waals surface area contributed by atoms with Crippen molar-refractivity contribution < 1.29 is 35.9 Å². The first kappa shape index (κ1) is 15.3. The third-order valence-corrected chi connectivity index (χ3v) is 2.07. The molecular weight excluding hydrogens is 280 g/mol. The molecule has 0 aliphatic heterocycles. The van der Waals surface area contributed by atoms with Crippen LogP contribution in [0.3, 0.4) is 0 Å². The van der Waals surface area contributed by atoms with Gasteiger partial charge in [0.1, 0.15) is 5.56 Å². The van der Waals surface area contributed by atoms with Crippen LogP contribution < -0.4 is 0 Å².